The van der Waals surface area contributed by atoms with Crippen LogP contribution in [0.2, 0.25) is 0 Å². The van der Waals surface area contributed by atoms with Gasteiger partial charge in [0.2, 0.25) is 5.75 Å². The van der Waals surface area contributed by atoms with E-state index in [1.54, 1.807) is 30.3 Å². The number of fused-ring (bicyclic) bond motifs is 1. The summed E-state index contributed by atoms with van der Waals surface area (Å²) in [4.78, 5) is 29.9. The summed E-state index contributed by atoms with van der Waals surface area (Å²) in [6.07, 6.45) is 0. The number of hydrogen-bond donors (Lipinski definition) is 1. The highest BCUT2D eigenvalue weighted by Gasteiger charge is 2.46. The molecule has 4 rings (SSSR count). The lowest BCUT2D eigenvalue weighted by Crippen LogP contribution is -2.35. The summed E-state index contributed by atoms with van der Waals surface area (Å²) in [5.41, 5.74) is 0.827. The van der Waals surface area contributed by atoms with Crippen LogP contribution in [0.15, 0.2) is 35.9 Å². The third-order valence-corrected chi connectivity index (χ3v) is 6.15. The third-order valence-electron chi connectivity index (χ3n) is 6.15. The number of likely N-dealkylation sites (N-methyl/N-ethyl adjacent to an activating group) is 1. The monoisotopic (exact) mass is 498 g/mol. The first-order valence-electron chi connectivity index (χ1n) is 11.4. The Balaban J connectivity index is 1.90. The van der Waals surface area contributed by atoms with Crippen molar-refractivity contribution >= 4 is 17.4 Å². The summed E-state index contributed by atoms with van der Waals surface area (Å²) in [6, 6.07) is 7.37. The first-order valence-corrected chi connectivity index (χ1v) is 11.4. The van der Waals surface area contributed by atoms with E-state index in [1.807, 2.05) is 19.0 Å². The number of hydrogen-bond acceptors (Lipinski definition) is 9. The second-order valence-corrected chi connectivity index (χ2v) is 8.61. The van der Waals surface area contributed by atoms with Crippen molar-refractivity contribution in [1.29, 1.82) is 0 Å². The van der Waals surface area contributed by atoms with Crippen LogP contribution in [0.3, 0.4) is 0 Å². The van der Waals surface area contributed by atoms with Crippen LogP contribution in [-0.4, -0.2) is 88.3 Å². The number of carbonyl (C=O) groups excluding carboxylic acids is 2. The molecule has 1 saturated heterocycles. The minimum atomic E-state index is -0.883. The quantitative estimate of drug-likeness (QED) is 0.334. The SMILES string of the molecule is COc1cc(C2C(=C(O)c3ccc4c(c3)OCCO4)C(=O)C(=O)N2CCN(C)C)cc(OC)c1OC. The highest BCUT2D eigenvalue weighted by atomic mass is 16.6. The first kappa shape index (κ1) is 25.2. The molecule has 10 heteroatoms. The molecule has 2 heterocycles. The van der Waals surface area contributed by atoms with E-state index in [1.165, 1.54) is 26.2 Å². The number of benzene rings is 2. The molecule has 0 aromatic heterocycles. The molecule has 1 N–H and O–H groups in total. The molecule has 2 aromatic rings. The zero-order valence-electron chi connectivity index (χ0n) is 21.0. The largest absolute Gasteiger partial charge is 0.507 e. The second-order valence-electron chi connectivity index (χ2n) is 8.61. The van der Waals surface area contributed by atoms with Crippen molar-refractivity contribution in [2.45, 2.75) is 6.04 Å². The van der Waals surface area contributed by atoms with E-state index >= 15 is 0 Å². The molecule has 192 valence electrons. The number of rotatable bonds is 8. The molecule has 0 spiro atoms. The van der Waals surface area contributed by atoms with E-state index in [-0.39, 0.29) is 17.9 Å². The Morgan fingerprint density at radius 2 is 1.64 bits per heavy atom. The van der Waals surface area contributed by atoms with Crippen LogP contribution in [-0.2, 0) is 9.59 Å². The molecule has 2 aliphatic heterocycles. The van der Waals surface area contributed by atoms with Crippen LogP contribution in [0, 0.1) is 0 Å². The third kappa shape index (κ3) is 4.51. The molecule has 0 aliphatic carbocycles. The van der Waals surface area contributed by atoms with E-state index < -0.39 is 17.7 Å². The topological polar surface area (TPSA) is 107 Å². The number of amides is 1. The van der Waals surface area contributed by atoms with Crippen molar-refractivity contribution in [2.24, 2.45) is 0 Å². The number of likely N-dealkylation sites (tertiary alicyclic amines) is 1. The summed E-state index contributed by atoms with van der Waals surface area (Å²) < 4.78 is 27.6. The Kier molecular flexibility index (Phi) is 7.25. The molecule has 1 amide bonds. The minimum absolute atomic E-state index is 0.0373. The summed E-state index contributed by atoms with van der Waals surface area (Å²) in [7, 11) is 8.21. The van der Waals surface area contributed by atoms with Crippen LogP contribution < -0.4 is 23.7 Å². The molecule has 0 radical (unpaired) electrons. The molecule has 0 saturated carbocycles. The van der Waals surface area contributed by atoms with Gasteiger partial charge in [0.1, 0.15) is 19.0 Å². The zero-order chi connectivity index (χ0) is 26.0. The summed E-state index contributed by atoms with van der Waals surface area (Å²) in [5.74, 6) is 0.322. The predicted octanol–water partition coefficient (Wildman–Crippen LogP) is 2.47. The highest BCUT2D eigenvalue weighted by molar-refractivity contribution is 6.46. The van der Waals surface area contributed by atoms with E-state index in [9.17, 15) is 14.7 Å². The van der Waals surface area contributed by atoms with Crippen molar-refractivity contribution in [3.05, 3.63) is 47.0 Å². The highest BCUT2D eigenvalue weighted by Crippen LogP contribution is 2.46. The van der Waals surface area contributed by atoms with Gasteiger partial charge in [-0.05, 0) is 50.0 Å². The van der Waals surface area contributed by atoms with Crippen LogP contribution in [0.1, 0.15) is 17.2 Å². The summed E-state index contributed by atoms with van der Waals surface area (Å²) >= 11 is 0. The van der Waals surface area contributed by atoms with Gasteiger partial charge in [-0.1, -0.05) is 0 Å². The smallest absolute Gasteiger partial charge is 0.295 e. The average Bonchev–Trinajstić information content (AvgIpc) is 3.15. The number of ketones is 1. The predicted molar refractivity (Wildman–Crippen MR) is 131 cm³/mol. The lowest BCUT2D eigenvalue weighted by Gasteiger charge is -2.27. The number of methoxy groups -OCH3 is 3. The Bertz CT molecular complexity index is 1180. The Labute approximate surface area is 209 Å². The van der Waals surface area contributed by atoms with Crippen molar-refractivity contribution in [2.75, 3.05) is 61.7 Å². The normalized spacial score (nSPS) is 18.5. The molecule has 10 nitrogen and oxygen atoms in total. The molecule has 2 aliphatic rings. The van der Waals surface area contributed by atoms with Gasteiger partial charge >= 0.3 is 0 Å². The first-order chi connectivity index (χ1) is 17.3. The van der Waals surface area contributed by atoms with Gasteiger partial charge < -0.3 is 38.6 Å². The maximum atomic E-state index is 13.3. The van der Waals surface area contributed by atoms with Gasteiger partial charge in [0.05, 0.1) is 32.9 Å². The zero-order valence-corrected chi connectivity index (χ0v) is 21.0. The fourth-order valence-corrected chi connectivity index (χ4v) is 4.37. The lowest BCUT2D eigenvalue weighted by molar-refractivity contribution is -0.140. The molecule has 0 bridgehead atoms. The van der Waals surface area contributed by atoms with Crippen LogP contribution in [0.5, 0.6) is 28.7 Å². The van der Waals surface area contributed by atoms with Crippen LogP contribution >= 0.6 is 0 Å². The minimum Gasteiger partial charge on any atom is -0.507 e. The van der Waals surface area contributed by atoms with Crippen molar-refractivity contribution in [3.8, 4) is 28.7 Å². The van der Waals surface area contributed by atoms with Gasteiger partial charge in [0.25, 0.3) is 11.7 Å². The standard InChI is InChI=1S/C26H30N2O8/c1-27(2)8-9-28-22(16-13-19(32-3)25(34-5)20(14-16)33-4)21(24(30)26(28)31)23(29)15-6-7-17-18(12-15)36-11-10-35-17/h6-7,12-14,22,29H,8-11H2,1-5H3. The van der Waals surface area contributed by atoms with Gasteiger partial charge in [-0.25, -0.2) is 0 Å². The number of nitrogens with zero attached hydrogens (tertiary/aromatic N) is 2. The number of ether oxygens (including phenoxy) is 5. The number of aliphatic hydroxyl groups excluding tert-OH is 1. The maximum Gasteiger partial charge on any atom is 0.295 e. The molecular weight excluding hydrogens is 468 g/mol. The van der Waals surface area contributed by atoms with Crippen molar-refractivity contribution in [3.63, 3.8) is 0 Å². The average molecular weight is 499 g/mol. The number of aliphatic hydroxyl groups is 1. The van der Waals surface area contributed by atoms with Crippen molar-refractivity contribution in [1.82, 2.24) is 9.80 Å². The lowest BCUT2D eigenvalue weighted by atomic mass is 9.94. The molecule has 2 aromatic carbocycles. The molecule has 1 atom stereocenters. The number of Topliss-reactive ketones (excluding diaryl/α,β-unsaturated/α-hetero) is 1. The number of carbonyl (C=O) groups is 2. The van der Waals surface area contributed by atoms with Gasteiger partial charge in [0, 0.05) is 18.7 Å². The van der Waals surface area contributed by atoms with Gasteiger partial charge in [0.15, 0.2) is 23.0 Å². The second kappa shape index (κ2) is 10.4. The van der Waals surface area contributed by atoms with Gasteiger partial charge in [-0.15, -0.1) is 0 Å². The Morgan fingerprint density at radius 3 is 2.22 bits per heavy atom. The maximum absolute atomic E-state index is 13.3. The fraction of sp³-hybridized carbons (Fsp3) is 0.385. The Morgan fingerprint density at radius 1 is 1.00 bits per heavy atom. The molecule has 36 heavy (non-hydrogen) atoms. The summed E-state index contributed by atoms with van der Waals surface area (Å²) in [6.45, 7) is 1.57. The van der Waals surface area contributed by atoms with Crippen molar-refractivity contribution < 1.29 is 38.4 Å². The van der Waals surface area contributed by atoms with E-state index in [2.05, 4.69) is 0 Å². The van der Waals surface area contributed by atoms with Crippen LogP contribution in [0.4, 0.5) is 0 Å². The Hall–Kier alpha value is -3.92. The van der Waals surface area contributed by atoms with Crippen LogP contribution in [0.25, 0.3) is 5.76 Å². The van der Waals surface area contributed by atoms with E-state index in [4.69, 9.17) is 23.7 Å². The molecule has 1 unspecified atom stereocenters. The van der Waals surface area contributed by atoms with E-state index in [0.717, 1.165) is 0 Å². The molecule has 1 fully saturated rings. The van der Waals surface area contributed by atoms with E-state index in [0.29, 0.717) is 59.6 Å². The molecular formula is C26H30N2O8. The van der Waals surface area contributed by atoms with Gasteiger partial charge in [-0.2, -0.15) is 0 Å². The summed E-state index contributed by atoms with van der Waals surface area (Å²) in [5, 5.41) is 11.4. The fourth-order valence-electron chi connectivity index (χ4n) is 4.37. The van der Waals surface area contributed by atoms with Gasteiger partial charge in [-0.3, -0.25) is 9.59 Å².